The molecule has 1 aliphatic carbocycles. The number of benzene rings is 1. The lowest BCUT2D eigenvalue weighted by molar-refractivity contribution is -0.125. The van der Waals surface area contributed by atoms with Crippen LogP contribution in [0.4, 0.5) is 10.3 Å². The van der Waals surface area contributed by atoms with Crippen molar-refractivity contribution in [2.24, 2.45) is 5.92 Å². The van der Waals surface area contributed by atoms with Gasteiger partial charge in [-0.25, -0.2) is 14.4 Å². The lowest BCUT2D eigenvalue weighted by atomic mass is 9.86. The second kappa shape index (κ2) is 8.00. The summed E-state index contributed by atoms with van der Waals surface area (Å²) >= 11 is 0. The first-order valence-corrected chi connectivity index (χ1v) is 9.38. The second-order valence-electron chi connectivity index (χ2n) is 7.03. The summed E-state index contributed by atoms with van der Waals surface area (Å²) < 4.78 is 18.6. The highest BCUT2D eigenvalue weighted by Gasteiger charge is 2.26. The number of nitrogens with zero attached hydrogens (tertiary/aromatic N) is 3. The van der Waals surface area contributed by atoms with Gasteiger partial charge in [-0.3, -0.25) is 4.79 Å². The van der Waals surface area contributed by atoms with E-state index in [1.165, 1.54) is 12.1 Å². The van der Waals surface area contributed by atoms with E-state index in [4.69, 9.17) is 9.72 Å². The van der Waals surface area contributed by atoms with E-state index in [1.807, 2.05) is 6.20 Å². The molecule has 1 amide bonds. The minimum atomic E-state index is -0.290. The van der Waals surface area contributed by atoms with E-state index in [1.54, 1.807) is 12.1 Å². The number of carbonyl (C=O) groups excluding carboxylic acids is 1. The van der Waals surface area contributed by atoms with Gasteiger partial charge < -0.3 is 15.0 Å². The molecule has 1 aromatic carbocycles. The van der Waals surface area contributed by atoms with Crippen LogP contribution in [0.1, 0.15) is 23.2 Å². The van der Waals surface area contributed by atoms with Crippen LogP contribution in [0.15, 0.2) is 30.5 Å². The molecule has 0 saturated carbocycles. The number of nitrogens with one attached hydrogen (secondary N) is 1. The maximum absolute atomic E-state index is 13.2. The fourth-order valence-electron chi connectivity index (χ4n) is 3.62. The Morgan fingerprint density at radius 3 is 3.00 bits per heavy atom. The minimum absolute atomic E-state index is 0.00201. The SMILES string of the molecule is O=C(NCc1cccc(F)c1)[C@@H]1CCc2nc(N3CCOCC3)ncc2C1. The van der Waals surface area contributed by atoms with Gasteiger partial charge in [-0.15, -0.1) is 0 Å². The molecule has 1 fully saturated rings. The van der Waals surface area contributed by atoms with E-state index in [2.05, 4.69) is 15.2 Å². The molecule has 4 rings (SSSR count). The molecule has 2 heterocycles. The zero-order chi connectivity index (χ0) is 18.6. The summed E-state index contributed by atoms with van der Waals surface area (Å²) in [6, 6.07) is 6.30. The van der Waals surface area contributed by atoms with Gasteiger partial charge in [-0.2, -0.15) is 0 Å². The topological polar surface area (TPSA) is 67.4 Å². The quantitative estimate of drug-likeness (QED) is 0.890. The summed E-state index contributed by atoms with van der Waals surface area (Å²) in [6.45, 7) is 3.36. The number of halogens is 1. The fraction of sp³-hybridized carbons (Fsp3) is 0.450. The Balaban J connectivity index is 1.37. The molecular weight excluding hydrogens is 347 g/mol. The molecule has 6 nitrogen and oxygen atoms in total. The van der Waals surface area contributed by atoms with Crippen LogP contribution in [0.3, 0.4) is 0 Å². The lowest BCUT2D eigenvalue weighted by Gasteiger charge is -2.28. The lowest BCUT2D eigenvalue weighted by Crippen LogP contribution is -2.38. The van der Waals surface area contributed by atoms with Crippen LogP contribution in [-0.4, -0.2) is 42.2 Å². The highest BCUT2D eigenvalue weighted by atomic mass is 19.1. The number of aryl methyl sites for hydroxylation is 1. The molecule has 1 N–H and O–H groups in total. The van der Waals surface area contributed by atoms with Crippen LogP contribution in [0.5, 0.6) is 0 Å². The Labute approximate surface area is 157 Å². The average molecular weight is 370 g/mol. The summed E-state index contributed by atoms with van der Waals surface area (Å²) in [4.78, 5) is 23.9. The van der Waals surface area contributed by atoms with Gasteiger partial charge in [0.2, 0.25) is 11.9 Å². The van der Waals surface area contributed by atoms with Crippen molar-refractivity contribution in [2.45, 2.75) is 25.8 Å². The van der Waals surface area contributed by atoms with Crippen molar-refractivity contribution in [3.63, 3.8) is 0 Å². The minimum Gasteiger partial charge on any atom is -0.378 e. The van der Waals surface area contributed by atoms with Crippen LogP contribution in [0.2, 0.25) is 0 Å². The van der Waals surface area contributed by atoms with Gasteiger partial charge in [0, 0.05) is 37.4 Å². The van der Waals surface area contributed by atoms with Crippen LogP contribution >= 0.6 is 0 Å². The molecule has 0 bridgehead atoms. The first-order chi connectivity index (χ1) is 13.2. The van der Waals surface area contributed by atoms with Gasteiger partial charge in [0.25, 0.3) is 0 Å². The summed E-state index contributed by atoms with van der Waals surface area (Å²) in [5.41, 5.74) is 2.85. The zero-order valence-electron chi connectivity index (χ0n) is 15.2. The van der Waals surface area contributed by atoms with Crippen molar-refractivity contribution in [1.82, 2.24) is 15.3 Å². The monoisotopic (exact) mass is 370 g/mol. The molecule has 142 valence electrons. The average Bonchev–Trinajstić information content (AvgIpc) is 2.72. The molecule has 27 heavy (non-hydrogen) atoms. The highest BCUT2D eigenvalue weighted by Crippen LogP contribution is 2.25. The maximum atomic E-state index is 13.2. The first kappa shape index (κ1) is 17.9. The number of morpholine rings is 1. The Hall–Kier alpha value is -2.54. The number of fused-ring (bicyclic) bond motifs is 1. The third kappa shape index (κ3) is 4.24. The predicted molar refractivity (Wildman–Crippen MR) is 98.8 cm³/mol. The fourth-order valence-corrected chi connectivity index (χ4v) is 3.62. The maximum Gasteiger partial charge on any atom is 0.225 e. The molecule has 2 aliphatic rings. The number of ether oxygens (including phenoxy) is 1. The van der Waals surface area contributed by atoms with E-state index >= 15 is 0 Å². The number of carbonyl (C=O) groups is 1. The molecule has 1 aliphatic heterocycles. The van der Waals surface area contributed by atoms with Crippen molar-refractivity contribution < 1.29 is 13.9 Å². The van der Waals surface area contributed by atoms with Gasteiger partial charge in [-0.05, 0) is 42.5 Å². The normalized spacial score (nSPS) is 19.4. The van der Waals surface area contributed by atoms with Crippen molar-refractivity contribution in [2.75, 3.05) is 31.2 Å². The van der Waals surface area contributed by atoms with Gasteiger partial charge in [0.05, 0.1) is 13.2 Å². The van der Waals surface area contributed by atoms with E-state index in [0.29, 0.717) is 26.2 Å². The second-order valence-corrected chi connectivity index (χ2v) is 7.03. The molecule has 2 aromatic rings. The van der Waals surface area contributed by atoms with E-state index < -0.39 is 0 Å². The van der Waals surface area contributed by atoms with E-state index in [0.717, 1.165) is 48.7 Å². The third-order valence-corrected chi connectivity index (χ3v) is 5.16. The van der Waals surface area contributed by atoms with Gasteiger partial charge in [0.15, 0.2) is 0 Å². The smallest absolute Gasteiger partial charge is 0.225 e. The predicted octanol–water partition coefficient (Wildman–Crippen LogP) is 1.87. The largest absolute Gasteiger partial charge is 0.378 e. The zero-order valence-corrected chi connectivity index (χ0v) is 15.2. The molecule has 7 heteroatoms. The van der Waals surface area contributed by atoms with Crippen molar-refractivity contribution in [3.8, 4) is 0 Å². The van der Waals surface area contributed by atoms with Crippen molar-refractivity contribution >= 4 is 11.9 Å². The summed E-state index contributed by atoms with van der Waals surface area (Å²) in [5.74, 6) is 0.374. The first-order valence-electron chi connectivity index (χ1n) is 9.38. The Kier molecular flexibility index (Phi) is 5.29. The molecule has 1 aromatic heterocycles. The van der Waals surface area contributed by atoms with E-state index in [-0.39, 0.29) is 17.6 Å². The number of aromatic nitrogens is 2. The van der Waals surface area contributed by atoms with Crippen molar-refractivity contribution in [1.29, 1.82) is 0 Å². The number of hydrogen-bond donors (Lipinski definition) is 1. The third-order valence-electron chi connectivity index (χ3n) is 5.16. The molecule has 1 saturated heterocycles. The van der Waals surface area contributed by atoms with Crippen LogP contribution in [-0.2, 0) is 28.9 Å². The summed E-state index contributed by atoms with van der Waals surface area (Å²) in [6.07, 6.45) is 4.04. The number of anilines is 1. The Morgan fingerprint density at radius 1 is 1.33 bits per heavy atom. The molecule has 0 unspecified atom stereocenters. The Bertz CT molecular complexity index is 823. The molecular formula is C20H23FN4O2. The van der Waals surface area contributed by atoms with Crippen molar-refractivity contribution in [3.05, 3.63) is 53.1 Å². The molecule has 0 radical (unpaired) electrons. The highest BCUT2D eigenvalue weighted by molar-refractivity contribution is 5.79. The number of hydrogen-bond acceptors (Lipinski definition) is 5. The van der Waals surface area contributed by atoms with Crippen LogP contribution < -0.4 is 10.2 Å². The summed E-state index contributed by atoms with van der Waals surface area (Å²) in [7, 11) is 0. The van der Waals surface area contributed by atoms with Gasteiger partial charge >= 0.3 is 0 Å². The standard InChI is InChI=1S/C20H23FN4O2/c21-17-3-1-2-14(10-17)12-22-19(26)15-4-5-18-16(11-15)13-23-20(24-18)25-6-8-27-9-7-25/h1-3,10,13,15H,4-9,11-12H2,(H,22,26)/t15-/m1/s1. The van der Waals surface area contributed by atoms with Gasteiger partial charge in [0.1, 0.15) is 5.82 Å². The molecule has 1 atom stereocenters. The van der Waals surface area contributed by atoms with Gasteiger partial charge in [-0.1, -0.05) is 12.1 Å². The van der Waals surface area contributed by atoms with Crippen LogP contribution in [0, 0.1) is 11.7 Å². The molecule has 0 spiro atoms. The number of rotatable bonds is 4. The summed E-state index contributed by atoms with van der Waals surface area (Å²) in [5, 5.41) is 2.92. The number of amides is 1. The van der Waals surface area contributed by atoms with E-state index in [9.17, 15) is 9.18 Å². The van der Waals surface area contributed by atoms with Crippen LogP contribution in [0.25, 0.3) is 0 Å². The Morgan fingerprint density at radius 2 is 2.19 bits per heavy atom.